The summed E-state index contributed by atoms with van der Waals surface area (Å²) in [4.78, 5) is 21.1. The quantitative estimate of drug-likeness (QED) is 0.894. The minimum Gasteiger partial charge on any atom is -0.336 e. The number of halogens is 1. The van der Waals surface area contributed by atoms with E-state index in [2.05, 4.69) is 39.5 Å². The number of aromatic nitrogens is 1. The molecule has 0 saturated carbocycles. The van der Waals surface area contributed by atoms with Crippen LogP contribution in [0.1, 0.15) is 0 Å². The largest absolute Gasteiger partial charge is 0.336 e. The molecule has 1 aliphatic heterocycles. The Morgan fingerprint density at radius 3 is 3.00 bits per heavy atom. The van der Waals surface area contributed by atoms with Gasteiger partial charge in [-0.15, -0.1) is 0 Å². The number of pyridine rings is 1. The maximum absolute atomic E-state index is 12.3. The molecule has 7 heteroatoms. The fraction of sp³-hybridized carbons (Fsp3) is 0.412. The third-order valence-electron chi connectivity index (χ3n) is 4.45. The molecule has 0 radical (unpaired) electrons. The minimum atomic E-state index is -0.218. The van der Waals surface area contributed by atoms with E-state index in [9.17, 15) is 4.79 Å². The summed E-state index contributed by atoms with van der Waals surface area (Å²) in [6.07, 6.45) is 1.69. The minimum absolute atomic E-state index is 0.218. The number of urea groups is 1. The Bertz CT molecular complexity index is 738. The second-order valence-corrected chi connectivity index (χ2v) is 6.63. The van der Waals surface area contributed by atoms with Gasteiger partial charge in [-0.05, 0) is 38.4 Å². The maximum atomic E-state index is 12.3. The van der Waals surface area contributed by atoms with E-state index in [4.69, 9.17) is 11.6 Å². The lowest BCUT2D eigenvalue weighted by Gasteiger charge is -2.37. The summed E-state index contributed by atoms with van der Waals surface area (Å²) >= 11 is 6.16. The maximum Gasteiger partial charge on any atom is 0.319 e. The number of rotatable bonds is 3. The molecule has 0 aliphatic carbocycles. The summed E-state index contributed by atoms with van der Waals surface area (Å²) in [6, 6.07) is 7.37. The molecule has 24 heavy (non-hydrogen) atoms. The van der Waals surface area contributed by atoms with Crippen molar-refractivity contribution in [1.82, 2.24) is 20.1 Å². The Morgan fingerprint density at radius 1 is 1.33 bits per heavy atom. The lowest BCUT2D eigenvalue weighted by molar-refractivity contribution is 0.115. The first-order valence-corrected chi connectivity index (χ1v) is 8.39. The average Bonchev–Trinajstić information content (AvgIpc) is 2.58. The number of nitrogens with zero attached hydrogens (tertiary/aromatic N) is 3. The Labute approximate surface area is 146 Å². The van der Waals surface area contributed by atoms with Gasteiger partial charge in [0.1, 0.15) is 0 Å². The average molecular weight is 348 g/mol. The number of anilines is 1. The third-order valence-corrected chi connectivity index (χ3v) is 4.75. The van der Waals surface area contributed by atoms with Gasteiger partial charge in [-0.2, -0.15) is 0 Å². The summed E-state index contributed by atoms with van der Waals surface area (Å²) < 4.78 is 0. The molecular weight excluding hydrogens is 326 g/mol. The van der Waals surface area contributed by atoms with E-state index in [1.54, 1.807) is 18.3 Å². The second kappa shape index (κ2) is 7.34. The number of hydrogen-bond donors (Lipinski definition) is 2. The highest BCUT2D eigenvalue weighted by atomic mass is 35.5. The van der Waals surface area contributed by atoms with E-state index < -0.39 is 0 Å². The van der Waals surface area contributed by atoms with Gasteiger partial charge in [0, 0.05) is 43.8 Å². The van der Waals surface area contributed by atoms with Crippen LogP contribution in [0.3, 0.4) is 0 Å². The van der Waals surface area contributed by atoms with Gasteiger partial charge >= 0.3 is 6.03 Å². The smallest absolute Gasteiger partial charge is 0.319 e. The fourth-order valence-electron chi connectivity index (χ4n) is 2.95. The van der Waals surface area contributed by atoms with E-state index in [1.807, 2.05) is 12.1 Å². The molecule has 0 spiro atoms. The molecule has 0 bridgehead atoms. The molecule has 3 rings (SSSR count). The number of piperazine rings is 1. The van der Waals surface area contributed by atoms with Crippen molar-refractivity contribution in [2.24, 2.45) is 0 Å². The number of nitrogens with one attached hydrogen (secondary N) is 2. The van der Waals surface area contributed by atoms with Crippen LogP contribution < -0.4 is 10.6 Å². The van der Waals surface area contributed by atoms with E-state index in [1.165, 1.54) is 0 Å². The Hall–Kier alpha value is -1.89. The number of fused-ring (bicyclic) bond motifs is 1. The van der Waals surface area contributed by atoms with Crippen molar-refractivity contribution in [2.75, 3.05) is 45.6 Å². The van der Waals surface area contributed by atoms with Gasteiger partial charge in [-0.25, -0.2) is 4.79 Å². The van der Waals surface area contributed by atoms with Crippen LogP contribution in [0, 0.1) is 0 Å². The van der Waals surface area contributed by atoms with Crippen LogP contribution in [0.2, 0.25) is 5.02 Å². The van der Waals surface area contributed by atoms with Crippen LogP contribution in [-0.2, 0) is 0 Å². The van der Waals surface area contributed by atoms with Crippen LogP contribution in [0.15, 0.2) is 30.5 Å². The monoisotopic (exact) mass is 347 g/mol. The van der Waals surface area contributed by atoms with E-state index in [0.717, 1.165) is 25.0 Å². The van der Waals surface area contributed by atoms with Gasteiger partial charge in [0.25, 0.3) is 0 Å². The number of carbonyl (C=O) groups is 1. The number of likely N-dealkylation sites (N-methyl/N-ethyl adjacent to an activating group) is 2. The second-order valence-electron chi connectivity index (χ2n) is 6.23. The summed E-state index contributed by atoms with van der Waals surface area (Å²) in [5, 5.41) is 7.26. The molecule has 1 aliphatic rings. The molecule has 1 aromatic carbocycles. The molecule has 2 amide bonds. The standard InChI is InChI=1S/C17H22ClN5O/c1-22-8-9-23(2)12(11-22)10-20-17(24)21-15-6-5-14(18)16-13(15)4-3-7-19-16/h3-7,12H,8-11H2,1-2H3,(H2,20,21,24). The molecule has 2 aromatic rings. The fourth-order valence-corrected chi connectivity index (χ4v) is 3.16. The van der Waals surface area contributed by atoms with Crippen LogP contribution >= 0.6 is 11.6 Å². The zero-order valence-corrected chi connectivity index (χ0v) is 14.7. The first kappa shape index (κ1) is 17.0. The van der Waals surface area contributed by atoms with Crippen LogP contribution in [0.5, 0.6) is 0 Å². The summed E-state index contributed by atoms with van der Waals surface area (Å²) in [6.45, 7) is 3.63. The first-order valence-electron chi connectivity index (χ1n) is 8.01. The van der Waals surface area contributed by atoms with Crippen molar-refractivity contribution in [3.8, 4) is 0 Å². The Balaban J connectivity index is 1.64. The number of benzene rings is 1. The molecule has 6 nitrogen and oxygen atoms in total. The van der Waals surface area contributed by atoms with Gasteiger partial charge in [0.05, 0.1) is 16.2 Å². The highest BCUT2D eigenvalue weighted by Gasteiger charge is 2.22. The van der Waals surface area contributed by atoms with Gasteiger partial charge < -0.3 is 15.5 Å². The normalized spacial score (nSPS) is 19.4. The number of carbonyl (C=O) groups excluding carboxylic acids is 1. The van der Waals surface area contributed by atoms with Gasteiger partial charge in [0.15, 0.2) is 0 Å². The predicted molar refractivity (Wildman–Crippen MR) is 97.7 cm³/mol. The van der Waals surface area contributed by atoms with Crippen molar-refractivity contribution in [3.05, 3.63) is 35.5 Å². The van der Waals surface area contributed by atoms with Crippen molar-refractivity contribution in [1.29, 1.82) is 0 Å². The number of amides is 2. The molecule has 128 valence electrons. The van der Waals surface area contributed by atoms with E-state index >= 15 is 0 Å². The van der Waals surface area contributed by atoms with Crippen molar-refractivity contribution in [2.45, 2.75) is 6.04 Å². The molecular formula is C17H22ClN5O. The van der Waals surface area contributed by atoms with Gasteiger partial charge in [-0.1, -0.05) is 11.6 Å². The summed E-state index contributed by atoms with van der Waals surface area (Å²) in [5.74, 6) is 0. The Morgan fingerprint density at radius 2 is 2.17 bits per heavy atom. The molecule has 1 saturated heterocycles. The van der Waals surface area contributed by atoms with Crippen LogP contribution in [0.4, 0.5) is 10.5 Å². The molecule has 1 unspecified atom stereocenters. The van der Waals surface area contributed by atoms with Crippen molar-refractivity contribution in [3.63, 3.8) is 0 Å². The van der Waals surface area contributed by atoms with Crippen LogP contribution in [-0.4, -0.2) is 67.1 Å². The zero-order chi connectivity index (χ0) is 17.1. The molecule has 1 fully saturated rings. The summed E-state index contributed by atoms with van der Waals surface area (Å²) in [7, 11) is 4.20. The Kier molecular flexibility index (Phi) is 5.18. The lowest BCUT2D eigenvalue weighted by atomic mass is 10.2. The number of hydrogen-bond acceptors (Lipinski definition) is 4. The molecule has 1 atom stereocenters. The molecule has 2 heterocycles. The van der Waals surface area contributed by atoms with Crippen molar-refractivity contribution < 1.29 is 4.79 Å². The highest BCUT2D eigenvalue weighted by molar-refractivity contribution is 6.35. The summed E-state index contributed by atoms with van der Waals surface area (Å²) in [5.41, 5.74) is 1.39. The molecule has 1 aromatic heterocycles. The first-order chi connectivity index (χ1) is 11.5. The topological polar surface area (TPSA) is 60.5 Å². The van der Waals surface area contributed by atoms with Gasteiger partial charge in [-0.3, -0.25) is 9.88 Å². The highest BCUT2D eigenvalue weighted by Crippen LogP contribution is 2.27. The molecule has 2 N–H and O–H groups in total. The van der Waals surface area contributed by atoms with E-state index in [-0.39, 0.29) is 6.03 Å². The van der Waals surface area contributed by atoms with E-state index in [0.29, 0.717) is 28.8 Å². The van der Waals surface area contributed by atoms with Crippen LogP contribution in [0.25, 0.3) is 10.9 Å². The van der Waals surface area contributed by atoms with Crippen molar-refractivity contribution >= 4 is 34.2 Å². The van der Waals surface area contributed by atoms with Gasteiger partial charge in [0.2, 0.25) is 0 Å². The third kappa shape index (κ3) is 3.77. The lowest BCUT2D eigenvalue weighted by Crippen LogP contribution is -2.54. The predicted octanol–water partition coefficient (Wildman–Crippen LogP) is 2.26. The SMILES string of the molecule is CN1CCN(C)C(CNC(=O)Nc2ccc(Cl)c3ncccc23)C1. The zero-order valence-electron chi connectivity index (χ0n) is 13.9.